The lowest BCUT2D eigenvalue weighted by Crippen LogP contribution is -2.46. The molecule has 0 unspecified atom stereocenters. The molecule has 4 heteroatoms. The largest absolute Gasteiger partial charge is 0.289 e. The van der Waals surface area contributed by atoms with E-state index in [9.17, 15) is 0 Å². The minimum Gasteiger partial charge on any atom is -0.286 e. The number of nitrogens with two attached hydrogens (primary N) is 2. The molecule has 0 bridgehead atoms. The van der Waals surface area contributed by atoms with E-state index < -0.39 is 0 Å². The first-order chi connectivity index (χ1) is 4.30. The summed E-state index contributed by atoms with van der Waals surface area (Å²) >= 11 is 0. The van der Waals surface area contributed by atoms with Crippen molar-refractivity contribution < 1.29 is 5.41 Å². The van der Waals surface area contributed by atoms with Gasteiger partial charge < -0.3 is 0 Å². The SMILES string of the molecule is Cl.NC(=[NH2+])c1ccccn1. The second kappa shape index (κ2) is 3.85. The summed E-state index contributed by atoms with van der Waals surface area (Å²) in [5.41, 5.74) is 5.88. The first kappa shape index (κ1) is 8.91. The molecule has 54 valence electrons. The Morgan fingerprint density at radius 1 is 1.50 bits per heavy atom. The molecule has 1 heterocycles. The molecule has 10 heavy (non-hydrogen) atoms. The van der Waals surface area contributed by atoms with Crippen molar-refractivity contribution in [2.75, 3.05) is 0 Å². The minimum absolute atomic E-state index is 0. The Kier molecular flexibility index (Phi) is 3.43. The lowest BCUT2D eigenvalue weighted by molar-refractivity contribution is -0.114. The van der Waals surface area contributed by atoms with Crippen LogP contribution in [-0.2, 0) is 0 Å². The van der Waals surface area contributed by atoms with Crippen LogP contribution in [0.1, 0.15) is 5.69 Å². The summed E-state index contributed by atoms with van der Waals surface area (Å²) in [4.78, 5) is 3.89. The fraction of sp³-hybridized carbons (Fsp3) is 0. The molecule has 1 rings (SSSR count). The van der Waals surface area contributed by atoms with Crippen LogP contribution in [-0.4, -0.2) is 10.8 Å². The summed E-state index contributed by atoms with van der Waals surface area (Å²) in [6.45, 7) is 0. The number of hydrogen-bond donors (Lipinski definition) is 2. The maximum Gasteiger partial charge on any atom is 0.289 e. The van der Waals surface area contributed by atoms with Crippen molar-refractivity contribution in [3.05, 3.63) is 30.1 Å². The molecule has 0 saturated heterocycles. The molecule has 3 nitrogen and oxygen atoms in total. The Balaban J connectivity index is 0.000000810. The van der Waals surface area contributed by atoms with E-state index in [-0.39, 0.29) is 18.2 Å². The van der Waals surface area contributed by atoms with E-state index in [1.807, 2.05) is 12.1 Å². The Morgan fingerprint density at radius 3 is 2.50 bits per heavy atom. The number of amidine groups is 1. The fourth-order valence-corrected chi connectivity index (χ4v) is 0.534. The molecule has 0 aliphatic heterocycles. The topological polar surface area (TPSA) is 64.5 Å². The molecule has 0 aromatic carbocycles. The number of aromatic nitrogens is 1. The van der Waals surface area contributed by atoms with Crippen LogP contribution in [0.5, 0.6) is 0 Å². The van der Waals surface area contributed by atoms with Crippen LogP contribution >= 0.6 is 12.4 Å². The van der Waals surface area contributed by atoms with E-state index in [1.165, 1.54) is 0 Å². The van der Waals surface area contributed by atoms with Crippen molar-refractivity contribution in [2.45, 2.75) is 0 Å². The van der Waals surface area contributed by atoms with Crippen LogP contribution in [0.2, 0.25) is 0 Å². The molecule has 0 radical (unpaired) electrons. The zero-order valence-electron chi connectivity index (χ0n) is 5.32. The predicted molar refractivity (Wildman–Crippen MR) is 41.7 cm³/mol. The van der Waals surface area contributed by atoms with Gasteiger partial charge in [-0.3, -0.25) is 11.1 Å². The second-order valence-electron chi connectivity index (χ2n) is 1.67. The summed E-state index contributed by atoms with van der Waals surface area (Å²) in [6.07, 6.45) is 1.65. The number of pyridine rings is 1. The van der Waals surface area contributed by atoms with Crippen molar-refractivity contribution in [1.29, 1.82) is 0 Å². The average Bonchev–Trinajstić information content (AvgIpc) is 1.90. The average molecular weight is 159 g/mol. The zero-order valence-corrected chi connectivity index (χ0v) is 6.14. The van der Waals surface area contributed by atoms with Crippen molar-refractivity contribution in [3.8, 4) is 0 Å². The fourth-order valence-electron chi connectivity index (χ4n) is 0.534. The van der Waals surface area contributed by atoms with Gasteiger partial charge in [0.2, 0.25) is 0 Å². The van der Waals surface area contributed by atoms with Crippen LogP contribution in [0.25, 0.3) is 0 Å². The molecule has 0 atom stereocenters. The highest BCUT2D eigenvalue weighted by atomic mass is 35.5. The summed E-state index contributed by atoms with van der Waals surface area (Å²) in [5, 5.41) is 5.25. The van der Waals surface area contributed by atoms with Gasteiger partial charge in [-0.05, 0) is 12.1 Å². The third-order valence-corrected chi connectivity index (χ3v) is 0.961. The highest BCUT2D eigenvalue weighted by Crippen LogP contribution is 1.87. The van der Waals surface area contributed by atoms with Gasteiger partial charge >= 0.3 is 0 Å². The molecule has 4 N–H and O–H groups in total. The molecular weight excluding hydrogens is 150 g/mol. The van der Waals surface area contributed by atoms with Crippen molar-refractivity contribution in [1.82, 2.24) is 4.98 Å². The summed E-state index contributed by atoms with van der Waals surface area (Å²) < 4.78 is 0. The Hall–Kier alpha value is -1.09. The van der Waals surface area contributed by atoms with Crippen LogP contribution in [0.4, 0.5) is 0 Å². The maximum atomic E-state index is 5.25. The van der Waals surface area contributed by atoms with Crippen LogP contribution in [0.15, 0.2) is 24.4 Å². The first-order valence-electron chi connectivity index (χ1n) is 2.60. The van der Waals surface area contributed by atoms with Crippen molar-refractivity contribution in [3.63, 3.8) is 0 Å². The minimum atomic E-state index is 0. The van der Waals surface area contributed by atoms with Crippen LogP contribution in [0.3, 0.4) is 0 Å². The standard InChI is InChI=1S/C6H7N3.ClH/c7-6(8)5-3-1-2-4-9-5;/h1-4H,(H3,7,8);1H/p+1. The highest BCUT2D eigenvalue weighted by Gasteiger charge is 1.97. The number of rotatable bonds is 1. The van der Waals surface area contributed by atoms with Gasteiger partial charge in [-0.15, -0.1) is 12.4 Å². The van der Waals surface area contributed by atoms with E-state index >= 15 is 0 Å². The van der Waals surface area contributed by atoms with Gasteiger partial charge in [0.25, 0.3) is 5.84 Å². The van der Waals surface area contributed by atoms with Crippen molar-refractivity contribution >= 4 is 18.2 Å². The number of halogens is 1. The quantitative estimate of drug-likeness (QED) is 0.406. The van der Waals surface area contributed by atoms with Gasteiger partial charge in [0, 0.05) is 6.20 Å². The van der Waals surface area contributed by atoms with Gasteiger partial charge in [0.15, 0.2) is 5.69 Å². The second-order valence-corrected chi connectivity index (χ2v) is 1.67. The Morgan fingerprint density at radius 2 is 2.20 bits per heavy atom. The molecule has 0 saturated carbocycles. The summed E-state index contributed by atoms with van der Waals surface area (Å²) in [6, 6.07) is 5.41. The lowest BCUT2D eigenvalue weighted by atomic mass is 10.3. The third-order valence-electron chi connectivity index (χ3n) is 0.961. The van der Waals surface area contributed by atoms with Gasteiger partial charge in [-0.25, -0.2) is 4.98 Å². The zero-order chi connectivity index (χ0) is 6.69. The molecule has 1 aromatic heterocycles. The van der Waals surface area contributed by atoms with E-state index in [4.69, 9.17) is 11.1 Å². The van der Waals surface area contributed by atoms with E-state index in [1.54, 1.807) is 12.3 Å². The van der Waals surface area contributed by atoms with Crippen molar-refractivity contribution in [2.24, 2.45) is 5.73 Å². The Bertz CT molecular complexity index is 209. The van der Waals surface area contributed by atoms with E-state index in [2.05, 4.69) is 4.98 Å². The van der Waals surface area contributed by atoms with Gasteiger partial charge in [0.1, 0.15) is 0 Å². The van der Waals surface area contributed by atoms with Gasteiger partial charge in [0.05, 0.1) is 0 Å². The Labute approximate surface area is 65.2 Å². The molecule has 1 aromatic rings. The van der Waals surface area contributed by atoms with Gasteiger partial charge in [-0.1, -0.05) is 6.07 Å². The molecule has 0 amide bonds. The first-order valence-corrected chi connectivity index (χ1v) is 2.60. The molecule has 0 aliphatic rings. The molecular formula is C6H9ClN3+. The summed E-state index contributed by atoms with van der Waals surface area (Å²) in [5.74, 6) is 0.260. The van der Waals surface area contributed by atoms with Crippen LogP contribution in [0, 0.1) is 0 Å². The predicted octanol–water partition coefficient (Wildman–Crippen LogP) is -1.03. The summed E-state index contributed by atoms with van der Waals surface area (Å²) in [7, 11) is 0. The lowest BCUT2D eigenvalue weighted by Gasteiger charge is -1.86. The molecule has 0 spiro atoms. The third kappa shape index (κ3) is 2.03. The van der Waals surface area contributed by atoms with Gasteiger partial charge in [-0.2, -0.15) is 0 Å². The molecule has 0 fully saturated rings. The maximum absolute atomic E-state index is 5.25. The van der Waals surface area contributed by atoms with E-state index in [0.29, 0.717) is 5.69 Å². The van der Waals surface area contributed by atoms with E-state index in [0.717, 1.165) is 0 Å². The molecule has 0 aliphatic carbocycles. The normalized spacial score (nSPS) is 8.00. The number of hydrogen-bond acceptors (Lipinski definition) is 1. The monoisotopic (exact) mass is 158 g/mol. The number of nitrogens with zero attached hydrogens (tertiary/aromatic N) is 1. The highest BCUT2D eigenvalue weighted by molar-refractivity contribution is 5.90. The smallest absolute Gasteiger partial charge is 0.286 e. The van der Waals surface area contributed by atoms with Crippen LogP contribution < -0.4 is 11.1 Å².